The van der Waals surface area contributed by atoms with Crippen LogP contribution in [0.15, 0.2) is 72.6 Å². The van der Waals surface area contributed by atoms with Crippen molar-refractivity contribution >= 4 is 18.0 Å². The van der Waals surface area contributed by atoms with Crippen molar-refractivity contribution < 1.29 is 28.9 Å². The van der Waals surface area contributed by atoms with Crippen LogP contribution < -0.4 is 4.74 Å². The Bertz CT molecular complexity index is 1500. The minimum atomic E-state index is -1.05. The summed E-state index contributed by atoms with van der Waals surface area (Å²) in [6, 6.07) is 19.0. The summed E-state index contributed by atoms with van der Waals surface area (Å²) >= 11 is 0. The molecule has 8 heteroatoms. The Balaban J connectivity index is 1.33. The topological polar surface area (TPSA) is 113 Å². The number of fused-ring (bicyclic) bond motifs is 1. The number of nitrogens with one attached hydrogen (secondary N) is 1. The van der Waals surface area contributed by atoms with Crippen molar-refractivity contribution in [3.8, 4) is 22.9 Å². The molecular weight excluding hydrogens is 463 g/mol. The Hall–Kier alpha value is -4.72. The van der Waals surface area contributed by atoms with Crippen LogP contribution in [-0.2, 0) is 6.42 Å². The maximum absolute atomic E-state index is 15.0. The van der Waals surface area contributed by atoms with Gasteiger partial charge < -0.3 is 19.9 Å². The molecule has 3 N–H and O–H groups in total. The molecule has 0 saturated heterocycles. The van der Waals surface area contributed by atoms with E-state index in [0.29, 0.717) is 23.4 Å². The molecule has 36 heavy (non-hydrogen) atoms. The molecule has 0 fully saturated rings. The second-order valence-electron chi connectivity index (χ2n) is 8.58. The SMILES string of the molecule is Cc1ccc(Oc2nc3c([nH]2)CC(c2ccc(-c4ccc(C(=O)O)cc4)cc2)C(F)=C3)cc1C(=O)O. The van der Waals surface area contributed by atoms with E-state index < -0.39 is 17.9 Å². The third-order valence-corrected chi connectivity index (χ3v) is 6.24. The smallest absolute Gasteiger partial charge is 0.336 e. The fourth-order valence-corrected chi connectivity index (χ4v) is 4.25. The number of aromatic carboxylic acids is 2. The molecule has 1 aliphatic rings. The Morgan fingerprint density at radius 2 is 1.64 bits per heavy atom. The molecule has 0 aliphatic heterocycles. The predicted molar refractivity (Wildman–Crippen MR) is 131 cm³/mol. The van der Waals surface area contributed by atoms with Crippen molar-refractivity contribution in [2.75, 3.05) is 0 Å². The van der Waals surface area contributed by atoms with Crippen molar-refractivity contribution in [3.05, 3.63) is 106 Å². The van der Waals surface area contributed by atoms with Gasteiger partial charge in [-0.1, -0.05) is 42.5 Å². The van der Waals surface area contributed by atoms with Crippen LogP contribution in [0.4, 0.5) is 4.39 Å². The molecule has 0 spiro atoms. The molecule has 5 rings (SSSR count). The third kappa shape index (κ3) is 4.48. The Morgan fingerprint density at radius 1 is 0.972 bits per heavy atom. The van der Waals surface area contributed by atoms with Crippen LogP contribution in [0.1, 0.15) is 49.1 Å². The van der Waals surface area contributed by atoms with Crippen LogP contribution >= 0.6 is 0 Å². The maximum Gasteiger partial charge on any atom is 0.336 e. The van der Waals surface area contributed by atoms with Gasteiger partial charge in [0.05, 0.1) is 16.8 Å². The zero-order valence-electron chi connectivity index (χ0n) is 19.2. The molecule has 1 heterocycles. The molecule has 4 aromatic rings. The number of ether oxygens (including phenoxy) is 1. The molecule has 1 atom stereocenters. The van der Waals surface area contributed by atoms with Gasteiger partial charge in [0.15, 0.2) is 0 Å². The third-order valence-electron chi connectivity index (χ3n) is 6.24. The highest BCUT2D eigenvalue weighted by Crippen LogP contribution is 2.37. The second-order valence-corrected chi connectivity index (χ2v) is 8.58. The van der Waals surface area contributed by atoms with E-state index in [2.05, 4.69) is 9.97 Å². The van der Waals surface area contributed by atoms with E-state index in [1.165, 1.54) is 12.1 Å². The lowest BCUT2D eigenvalue weighted by Gasteiger charge is -2.19. The van der Waals surface area contributed by atoms with Crippen LogP contribution in [0.2, 0.25) is 0 Å². The first-order valence-electron chi connectivity index (χ1n) is 11.2. The van der Waals surface area contributed by atoms with Crippen molar-refractivity contribution in [1.82, 2.24) is 9.97 Å². The first-order chi connectivity index (χ1) is 17.3. The van der Waals surface area contributed by atoms with Gasteiger partial charge in [0.25, 0.3) is 6.01 Å². The molecular formula is C28H21FN2O5. The molecule has 1 aliphatic carbocycles. The number of imidazole rings is 1. The summed E-state index contributed by atoms with van der Waals surface area (Å²) in [6.45, 7) is 1.70. The van der Waals surface area contributed by atoms with Crippen LogP contribution in [0.5, 0.6) is 11.8 Å². The molecule has 0 saturated carbocycles. The van der Waals surface area contributed by atoms with E-state index >= 15 is 4.39 Å². The van der Waals surface area contributed by atoms with Gasteiger partial charge in [0.2, 0.25) is 0 Å². The standard InChI is InChI=1S/C28H21FN2O5/c1-15-2-11-20(12-21(15)27(34)35)36-28-30-24-13-22(23(29)14-25(24)31-28)18-7-3-16(4-8-18)17-5-9-19(10-6-17)26(32)33/h2-12,14,22H,13H2,1H3,(H,30,31)(H,32,33)(H,34,35). The van der Waals surface area contributed by atoms with E-state index in [4.69, 9.17) is 9.84 Å². The van der Waals surface area contributed by atoms with E-state index in [1.807, 2.05) is 24.3 Å². The largest absolute Gasteiger partial charge is 0.478 e. The molecule has 7 nitrogen and oxygen atoms in total. The average molecular weight is 484 g/mol. The molecule has 3 aromatic carbocycles. The minimum absolute atomic E-state index is 0.135. The monoisotopic (exact) mass is 484 g/mol. The van der Waals surface area contributed by atoms with E-state index in [1.54, 1.807) is 43.3 Å². The van der Waals surface area contributed by atoms with E-state index in [0.717, 1.165) is 22.4 Å². The normalized spacial score (nSPS) is 14.6. The van der Waals surface area contributed by atoms with Gasteiger partial charge >= 0.3 is 11.9 Å². The number of carboxylic acids is 2. The zero-order valence-corrected chi connectivity index (χ0v) is 19.2. The number of rotatable bonds is 6. The summed E-state index contributed by atoms with van der Waals surface area (Å²) in [7, 11) is 0. The van der Waals surface area contributed by atoms with Gasteiger partial charge in [-0.2, -0.15) is 4.98 Å². The number of H-pyrrole nitrogens is 1. The number of aromatic nitrogens is 2. The van der Waals surface area contributed by atoms with Crippen LogP contribution in [-0.4, -0.2) is 32.1 Å². The summed E-state index contributed by atoms with van der Waals surface area (Å²) in [4.78, 5) is 29.8. The van der Waals surface area contributed by atoms with E-state index in [-0.39, 0.29) is 23.0 Å². The highest BCUT2D eigenvalue weighted by Gasteiger charge is 2.26. The lowest BCUT2D eigenvalue weighted by atomic mass is 9.87. The summed E-state index contributed by atoms with van der Waals surface area (Å²) < 4.78 is 20.7. The fraction of sp³-hybridized carbons (Fsp3) is 0.107. The highest BCUT2D eigenvalue weighted by atomic mass is 19.1. The highest BCUT2D eigenvalue weighted by molar-refractivity contribution is 5.90. The molecule has 1 unspecified atom stereocenters. The van der Waals surface area contributed by atoms with Crippen molar-refractivity contribution in [2.24, 2.45) is 0 Å². The summed E-state index contributed by atoms with van der Waals surface area (Å²) in [5, 5.41) is 18.4. The number of allylic oxidation sites excluding steroid dienone is 1. The summed E-state index contributed by atoms with van der Waals surface area (Å²) in [6.07, 6.45) is 1.73. The number of halogens is 1. The molecule has 1 aromatic heterocycles. The van der Waals surface area contributed by atoms with Gasteiger partial charge in [0.1, 0.15) is 11.6 Å². The number of aryl methyl sites for hydroxylation is 1. The van der Waals surface area contributed by atoms with Gasteiger partial charge in [0, 0.05) is 18.0 Å². The van der Waals surface area contributed by atoms with Gasteiger partial charge in [-0.3, -0.25) is 0 Å². The second kappa shape index (κ2) is 9.14. The van der Waals surface area contributed by atoms with Crippen LogP contribution in [0.25, 0.3) is 17.2 Å². The summed E-state index contributed by atoms with van der Waals surface area (Å²) in [5.41, 5.74) is 4.68. The number of hydrogen-bond acceptors (Lipinski definition) is 4. The fourth-order valence-electron chi connectivity index (χ4n) is 4.25. The number of hydrogen-bond donors (Lipinski definition) is 3. The maximum atomic E-state index is 15.0. The molecule has 0 radical (unpaired) electrons. The first-order valence-corrected chi connectivity index (χ1v) is 11.2. The Morgan fingerprint density at radius 3 is 2.28 bits per heavy atom. The summed E-state index contributed by atoms with van der Waals surface area (Å²) in [5.74, 6) is -2.52. The number of benzene rings is 3. The van der Waals surface area contributed by atoms with Crippen molar-refractivity contribution in [2.45, 2.75) is 19.3 Å². The van der Waals surface area contributed by atoms with Crippen molar-refractivity contribution in [3.63, 3.8) is 0 Å². The van der Waals surface area contributed by atoms with Gasteiger partial charge in [-0.15, -0.1) is 0 Å². The first kappa shape index (κ1) is 23.0. The quantitative estimate of drug-likeness (QED) is 0.299. The molecule has 0 bridgehead atoms. The average Bonchev–Trinajstić information content (AvgIpc) is 3.25. The molecule has 180 valence electrons. The minimum Gasteiger partial charge on any atom is -0.478 e. The number of aromatic amines is 1. The van der Waals surface area contributed by atoms with Gasteiger partial charge in [-0.25, -0.2) is 14.0 Å². The predicted octanol–water partition coefficient (Wildman–Crippen LogP) is 6.22. The van der Waals surface area contributed by atoms with Gasteiger partial charge in [-0.05, 0) is 59.5 Å². The lowest BCUT2D eigenvalue weighted by Crippen LogP contribution is -2.09. The number of nitrogens with zero attached hydrogens (tertiary/aromatic N) is 1. The number of carboxylic acid groups (broad SMARTS) is 2. The van der Waals surface area contributed by atoms with Crippen LogP contribution in [0, 0.1) is 6.92 Å². The Labute approximate surface area is 205 Å². The zero-order chi connectivity index (χ0) is 25.4. The van der Waals surface area contributed by atoms with Crippen LogP contribution in [0.3, 0.4) is 0 Å². The lowest BCUT2D eigenvalue weighted by molar-refractivity contribution is 0.0685. The van der Waals surface area contributed by atoms with E-state index in [9.17, 15) is 14.7 Å². The Kier molecular flexibility index (Phi) is 5.85. The molecule has 0 amide bonds. The number of carbonyl (C=O) groups is 2. The van der Waals surface area contributed by atoms with Crippen molar-refractivity contribution in [1.29, 1.82) is 0 Å².